The van der Waals surface area contributed by atoms with Crippen LogP contribution >= 0.6 is 0 Å². The number of nitrogens with one attached hydrogen (secondary N) is 1. The molecule has 1 N–H and O–H groups in total. The van der Waals surface area contributed by atoms with Crippen LogP contribution in [0, 0.1) is 0 Å². The Morgan fingerprint density at radius 1 is 1.12 bits per heavy atom. The first-order valence-electron chi connectivity index (χ1n) is 9.24. The Morgan fingerprint density at radius 3 is 2.36 bits per heavy atom. The van der Waals surface area contributed by atoms with Crippen molar-refractivity contribution < 1.29 is 13.2 Å². The molecule has 2 rings (SSSR count). The van der Waals surface area contributed by atoms with Gasteiger partial charge in [-0.15, -0.1) is 0 Å². The van der Waals surface area contributed by atoms with Gasteiger partial charge in [-0.05, 0) is 31.2 Å². The molecule has 0 spiro atoms. The standard InChI is InChI=1S/C19H30N2O3S/c1-25(23,24)21(18-13-7-2-3-8-14-18)16-19(22)20-15-9-12-17-10-5-4-6-11-17/h4-6,10-11,18H,2-3,7-9,12-16H2,1H3,(H,20,22). The fourth-order valence-electron chi connectivity index (χ4n) is 3.43. The smallest absolute Gasteiger partial charge is 0.235 e. The SMILES string of the molecule is CS(=O)(=O)N(CC(=O)NCCCc1ccccc1)C1CCCCCC1. The van der Waals surface area contributed by atoms with Gasteiger partial charge in [0.2, 0.25) is 15.9 Å². The molecule has 1 saturated carbocycles. The number of amides is 1. The van der Waals surface area contributed by atoms with E-state index in [2.05, 4.69) is 17.4 Å². The second kappa shape index (κ2) is 9.92. The first-order valence-corrected chi connectivity index (χ1v) is 11.1. The van der Waals surface area contributed by atoms with Crippen LogP contribution in [0.25, 0.3) is 0 Å². The number of sulfonamides is 1. The summed E-state index contributed by atoms with van der Waals surface area (Å²) in [6, 6.07) is 10.1. The lowest BCUT2D eigenvalue weighted by Gasteiger charge is -2.28. The number of carbonyl (C=O) groups is 1. The van der Waals surface area contributed by atoms with Gasteiger partial charge in [0.15, 0.2) is 0 Å². The Kier molecular flexibility index (Phi) is 7.90. The Labute approximate surface area is 151 Å². The average Bonchev–Trinajstić information content (AvgIpc) is 2.85. The van der Waals surface area contributed by atoms with Crippen LogP contribution < -0.4 is 5.32 Å². The van der Waals surface area contributed by atoms with E-state index in [1.165, 1.54) is 16.1 Å². The van der Waals surface area contributed by atoms with Gasteiger partial charge >= 0.3 is 0 Å². The molecule has 1 aliphatic rings. The minimum Gasteiger partial charge on any atom is -0.355 e. The van der Waals surface area contributed by atoms with Crippen LogP contribution in [0.2, 0.25) is 0 Å². The zero-order valence-electron chi connectivity index (χ0n) is 15.1. The minimum absolute atomic E-state index is 0.0347. The van der Waals surface area contributed by atoms with Crippen molar-refractivity contribution in [3.8, 4) is 0 Å². The molecule has 0 bridgehead atoms. The van der Waals surface area contributed by atoms with E-state index in [1.54, 1.807) is 0 Å². The molecule has 25 heavy (non-hydrogen) atoms. The van der Waals surface area contributed by atoms with Gasteiger partial charge in [-0.2, -0.15) is 4.31 Å². The zero-order valence-corrected chi connectivity index (χ0v) is 15.9. The van der Waals surface area contributed by atoms with Crippen LogP contribution in [0.5, 0.6) is 0 Å². The fraction of sp³-hybridized carbons (Fsp3) is 0.632. The van der Waals surface area contributed by atoms with Gasteiger partial charge < -0.3 is 5.32 Å². The predicted molar refractivity (Wildman–Crippen MR) is 101 cm³/mol. The third kappa shape index (κ3) is 7.16. The van der Waals surface area contributed by atoms with Gasteiger partial charge in [-0.1, -0.05) is 56.0 Å². The zero-order chi connectivity index (χ0) is 18.1. The molecule has 140 valence electrons. The summed E-state index contributed by atoms with van der Waals surface area (Å²) in [6.07, 6.45) is 9.05. The number of aryl methyl sites for hydroxylation is 1. The maximum absolute atomic E-state index is 12.2. The minimum atomic E-state index is -3.38. The molecule has 1 aromatic carbocycles. The Bertz CT molecular complexity index is 623. The highest BCUT2D eigenvalue weighted by molar-refractivity contribution is 7.88. The quantitative estimate of drug-likeness (QED) is 0.568. The summed E-state index contributed by atoms with van der Waals surface area (Å²) >= 11 is 0. The molecule has 1 amide bonds. The van der Waals surface area contributed by atoms with Gasteiger partial charge in [0.05, 0.1) is 12.8 Å². The van der Waals surface area contributed by atoms with E-state index in [9.17, 15) is 13.2 Å². The van der Waals surface area contributed by atoms with Crippen LogP contribution in [0.4, 0.5) is 0 Å². The summed E-state index contributed by atoms with van der Waals surface area (Å²) < 4.78 is 25.7. The van der Waals surface area contributed by atoms with Crippen LogP contribution in [-0.4, -0.2) is 44.0 Å². The second-order valence-electron chi connectivity index (χ2n) is 6.89. The monoisotopic (exact) mass is 366 g/mol. The highest BCUT2D eigenvalue weighted by Crippen LogP contribution is 2.23. The molecule has 1 aliphatic carbocycles. The van der Waals surface area contributed by atoms with Crippen molar-refractivity contribution in [2.75, 3.05) is 19.3 Å². The molecule has 0 radical (unpaired) electrons. The number of hydrogen-bond donors (Lipinski definition) is 1. The van der Waals surface area contributed by atoms with Gasteiger partial charge in [0.25, 0.3) is 0 Å². The van der Waals surface area contributed by atoms with E-state index in [1.807, 2.05) is 18.2 Å². The summed E-state index contributed by atoms with van der Waals surface area (Å²) in [5, 5.41) is 2.87. The maximum Gasteiger partial charge on any atom is 0.235 e. The number of hydrogen-bond acceptors (Lipinski definition) is 3. The number of carbonyl (C=O) groups excluding carboxylic acids is 1. The second-order valence-corrected chi connectivity index (χ2v) is 8.83. The molecule has 6 heteroatoms. The van der Waals surface area contributed by atoms with Crippen molar-refractivity contribution in [2.45, 2.75) is 57.4 Å². The van der Waals surface area contributed by atoms with E-state index >= 15 is 0 Å². The lowest BCUT2D eigenvalue weighted by atomic mass is 10.1. The highest BCUT2D eigenvalue weighted by atomic mass is 32.2. The normalized spacial score (nSPS) is 16.6. The maximum atomic E-state index is 12.2. The molecular formula is C19H30N2O3S. The van der Waals surface area contributed by atoms with Crippen molar-refractivity contribution in [1.82, 2.24) is 9.62 Å². The molecule has 1 aromatic rings. The molecule has 0 saturated heterocycles. The molecule has 5 nitrogen and oxygen atoms in total. The van der Waals surface area contributed by atoms with E-state index in [-0.39, 0.29) is 18.5 Å². The molecule has 0 heterocycles. The largest absolute Gasteiger partial charge is 0.355 e. The van der Waals surface area contributed by atoms with E-state index in [0.717, 1.165) is 51.4 Å². The molecule has 0 aromatic heterocycles. The molecular weight excluding hydrogens is 336 g/mol. The van der Waals surface area contributed by atoms with Crippen LogP contribution in [0.15, 0.2) is 30.3 Å². The lowest BCUT2D eigenvalue weighted by Crippen LogP contribution is -2.46. The number of benzene rings is 1. The van der Waals surface area contributed by atoms with Crippen molar-refractivity contribution in [3.05, 3.63) is 35.9 Å². The summed E-state index contributed by atoms with van der Waals surface area (Å²) in [7, 11) is -3.38. The summed E-state index contributed by atoms with van der Waals surface area (Å²) in [6.45, 7) is 0.505. The first kappa shape index (κ1) is 19.9. The van der Waals surface area contributed by atoms with Crippen LogP contribution in [0.3, 0.4) is 0 Å². The summed E-state index contributed by atoms with van der Waals surface area (Å²) in [5.74, 6) is -0.206. The molecule has 0 aliphatic heterocycles. The first-order chi connectivity index (χ1) is 12.0. The van der Waals surface area contributed by atoms with Crippen LogP contribution in [-0.2, 0) is 21.2 Å². The topological polar surface area (TPSA) is 66.5 Å². The number of nitrogens with zero attached hydrogens (tertiary/aromatic N) is 1. The summed E-state index contributed by atoms with van der Waals surface area (Å²) in [4.78, 5) is 12.2. The van der Waals surface area contributed by atoms with Gasteiger partial charge in [-0.25, -0.2) is 8.42 Å². The van der Waals surface area contributed by atoms with Crippen molar-refractivity contribution in [2.24, 2.45) is 0 Å². The predicted octanol–water partition coefficient (Wildman–Crippen LogP) is 2.72. The number of rotatable bonds is 8. The van der Waals surface area contributed by atoms with E-state index in [4.69, 9.17) is 0 Å². The van der Waals surface area contributed by atoms with E-state index < -0.39 is 10.0 Å². The Balaban J connectivity index is 1.80. The van der Waals surface area contributed by atoms with Crippen molar-refractivity contribution in [1.29, 1.82) is 0 Å². The van der Waals surface area contributed by atoms with Crippen molar-refractivity contribution in [3.63, 3.8) is 0 Å². The summed E-state index contributed by atoms with van der Waals surface area (Å²) in [5.41, 5.74) is 1.24. The van der Waals surface area contributed by atoms with Gasteiger partial charge in [0.1, 0.15) is 0 Å². The third-order valence-electron chi connectivity index (χ3n) is 4.76. The Hall–Kier alpha value is -1.40. The average molecular weight is 367 g/mol. The molecule has 0 atom stereocenters. The van der Waals surface area contributed by atoms with E-state index in [0.29, 0.717) is 6.54 Å². The lowest BCUT2D eigenvalue weighted by molar-refractivity contribution is -0.121. The highest BCUT2D eigenvalue weighted by Gasteiger charge is 2.29. The molecule has 1 fully saturated rings. The Morgan fingerprint density at radius 2 is 1.76 bits per heavy atom. The van der Waals surface area contributed by atoms with Gasteiger partial charge in [0, 0.05) is 12.6 Å². The third-order valence-corrected chi connectivity index (χ3v) is 6.04. The van der Waals surface area contributed by atoms with Crippen molar-refractivity contribution >= 4 is 15.9 Å². The van der Waals surface area contributed by atoms with Crippen LogP contribution in [0.1, 0.15) is 50.5 Å². The van der Waals surface area contributed by atoms with Gasteiger partial charge in [-0.3, -0.25) is 4.79 Å². The fourth-order valence-corrected chi connectivity index (χ4v) is 4.53. The molecule has 0 unspecified atom stereocenters.